The highest BCUT2D eigenvalue weighted by Gasteiger charge is 2.34. The van der Waals surface area contributed by atoms with Crippen LogP contribution in [0.4, 0.5) is 0 Å². The molecule has 94 valence electrons. The van der Waals surface area contributed by atoms with E-state index in [-0.39, 0.29) is 5.54 Å². The Morgan fingerprint density at radius 3 is 2.76 bits per heavy atom. The second-order valence-corrected chi connectivity index (χ2v) is 5.85. The third kappa shape index (κ3) is 2.55. The van der Waals surface area contributed by atoms with Gasteiger partial charge in [0.15, 0.2) is 0 Å². The van der Waals surface area contributed by atoms with Crippen molar-refractivity contribution in [2.75, 3.05) is 0 Å². The summed E-state index contributed by atoms with van der Waals surface area (Å²) in [6.45, 7) is 6.64. The van der Waals surface area contributed by atoms with Crippen molar-refractivity contribution in [3.63, 3.8) is 0 Å². The predicted molar refractivity (Wildman–Crippen MR) is 74.0 cm³/mol. The minimum Gasteiger partial charge on any atom is -0.321 e. The summed E-state index contributed by atoms with van der Waals surface area (Å²) in [6.07, 6.45) is 6.22. The first-order chi connectivity index (χ1) is 8.05. The molecule has 0 spiro atoms. The summed E-state index contributed by atoms with van der Waals surface area (Å²) >= 11 is 0. The predicted octanol–water partition coefficient (Wildman–Crippen LogP) is 4.06. The van der Waals surface area contributed by atoms with Crippen LogP contribution in [-0.4, -0.2) is 0 Å². The highest BCUT2D eigenvalue weighted by molar-refractivity contribution is 5.36. The second kappa shape index (κ2) is 4.81. The van der Waals surface area contributed by atoms with Gasteiger partial charge in [-0.2, -0.15) is 0 Å². The molecule has 1 nitrogen and oxygen atoms in total. The maximum Gasteiger partial charge on any atom is 0.0414 e. The van der Waals surface area contributed by atoms with Crippen LogP contribution >= 0.6 is 0 Å². The molecule has 1 aromatic carbocycles. The van der Waals surface area contributed by atoms with Crippen LogP contribution in [0.1, 0.15) is 55.7 Å². The van der Waals surface area contributed by atoms with Crippen molar-refractivity contribution in [3.05, 3.63) is 34.9 Å². The molecule has 0 aliphatic heterocycles. The van der Waals surface area contributed by atoms with E-state index in [1.54, 1.807) is 0 Å². The molecule has 17 heavy (non-hydrogen) atoms. The third-order valence-electron chi connectivity index (χ3n) is 4.38. The van der Waals surface area contributed by atoms with Gasteiger partial charge in [-0.05, 0) is 43.7 Å². The summed E-state index contributed by atoms with van der Waals surface area (Å²) in [5, 5.41) is 0. The Labute approximate surface area is 105 Å². The number of aryl methyl sites for hydroxylation is 2. The van der Waals surface area contributed by atoms with Gasteiger partial charge in [-0.3, -0.25) is 0 Å². The van der Waals surface area contributed by atoms with Crippen molar-refractivity contribution in [2.45, 2.75) is 58.4 Å². The molecule has 2 atom stereocenters. The third-order valence-corrected chi connectivity index (χ3v) is 4.38. The minimum atomic E-state index is -0.0727. The lowest BCUT2D eigenvalue weighted by Gasteiger charge is -2.39. The summed E-state index contributed by atoms with van der Waals surface area (Å²) in [5.74, 6) is 0.814. The van der Waals surface area contributed by atoms with Gasteiger partial charge in [-0.1, -0.05) is 49.9 Å². The Morgan fingerprint density at radius 1 is 1.35 bits per heavy atom. The molecule has 0 amide bonds. The Balaban J connectivity index is 2.30. The first-order valence-corrected chi connectivity index (χ1v) is 6.92. The van der Waals surface area contributed by atoms with Gasteiger partial charge < -0.3 is 5.73 Å². The number of nitrogens with two attached hydrogens (primary N) is 1. The molecule has 2 rings (SSSR count). The maximum absolute atomic E-state index is 6.70. The van der Waals surface area contributed by atoms with Gasteiger partial charge in [-0.15, -0.1) is 0 Å². The summed E-state index contributed by atoms with van der Waals surface area (Å²) in [6, 6.07) is 6.72. The number of benzene rings is 1. The Bertz CT molecular complexity index is 397. The number of hydrogen-bond acceptors (Lipinski definition) is 1. The molecule has 1 heteroatoms. The standard InChI is InChI=1S/C16H25N/c1-4-14-6-5-9-16(17,11-14)15-8-7-12(2)10-13(15)3/h7-8,10,14H,4-6,9,11,17H2,1-3H3. The van der Waals surface area contributed by atoms with Gasteiger partial charge in [-0.25, -0.2) is 0 Å². The van der Waals surface area contributed by atoms with Crippen LogP contribution in [0.25, 0.3) is 0 Å². The van der Waals surface area contributed by atoms with Crippen molar-refractivity contribution in [3.8, 4) is 0 Å². The molecule has 2 N–H and O–H groups in total. The average molecular weight is 231 g/mol. The van der Waals surface area contributed by atoms with E-state index >= 15 is 0 Å². The van der Waals surface area contributed by atoms with E-state index in [1.165, 1.54) is 36.0 Å². The largest absolute Gasteiger partial charge is 0.321 e. The molecule has 1 aliphatic rings. The molecular formula is C16H25N. The molecule has 0 heterocycles. The minimum absolute atomic E-state index is 0.0727. The SMILES string of the molecule is CCC1CCCC(N)(c2ccc(C)cc2C)C1. The van der Waals surface area contributed by atoms with Crippen LogP contribution in [0, 0.1) is 19.8 Å². The van der Waals surface area contributed by atoms with E-state index in [1.807, 2.05) is 0 Å². The quantitative estimate of drug-likeness (QED) is 0.816. The smallest absolute Gasteiger partial charge is 0.0414 e. The fourth-order valence-electron chi connectivity index (χ4n) is 3.39. The Hall–Kier alpha value is -0.820. The summed E-state index contributed by atoms with van der Waals surface area (Å²) in [7, 11) is 0. The number of hydrogen-bond donors (Lipinski definition) is 1. The van der Waals surface area contributed by atoms with Crippen LogP contribution < -0.4 is 5.73 Å². The monoisotopic (exact) mass is 231 g/mol. The zero-order valence-electron chi connectivity index (χ0n) is 11.4. The van der Waals surface area contributed by atoms with Crippen LogP contribution in [0.3, 0.4) is 0 Å². The molecule has 1 aromatic rings. The summed E-state index contributed by atoms with van der Waals surface area (Å²) in [4.78, 5) is 0. The van der Waals surface area contributed by atoms with Crippen LogP contribution in [-0.2, 0) is 5.54 Å². The van der Waals surface area contributed by atoms with Crippen molar-refractivity contribution in [2.24, 2.45) is 11.7 Å². The van der Waals surface area contributed by atoms with Crippen molar-refractivity contribution in [1.29, 1.82) is 0 Å². The first kappa shape index (κ1) is 12.6. The van der Waals surface area contributed by atoms with E-state index in [9.17, 15) is 0 Å². The summed E-state index contributed by atoms with van der Waals surface area (Å²) in [5.41, 5.74) is 10.7. The van der Waals surface area contributed by atoms with Crippen molar-refractivity contribution < 1.29 is 0 Å². The van der Waals surface area contributed by atoms with E-state index in [4.69, 9.17) is 5.73 Å². The van der Waals surface area contributed by atoms with Crippen LogP contribution in [0.2, 0.25) is 0 Å². The van der Waals surface area contributed by atoms with Crippen LogP contribution in [0.5, 0.6) is 0 Å². The zero-order valence-corrected chi connectivity index (χ0v) is 11.4. The van der Waals surface area contributed by atoms with Gasteiger partial charge >= 0.3 is 0 Å². The van der Waals surface area contributed by atoms with Crippen molar-refractivity contribution >= 4 is 0 Å². The van der Waals surface area contributed by atoms with Gasteiger partial charge in [0, 0.05) is 5.54 Å². The number of rotatable bonds is 2. The average Bonchev–Trinajstić information content (AvgIpc) is 2.28. The molecule has 0 radical (unpaired) electrons. The van der Waals surface area contributed by atoms with Gasteiger partial charge in [0.1, 0.15) is 0 Å². The van der Waals surface area contributed by atoms with E-state index in [0.717, 1.165) is 18.8 Å². The molecule has 1 aliphatic carbocycles. The molecular weight excluding hydrogens is 206 g/mol. The second-order valence-electron chi connectivity index (χ2n) is 5.85. The Morgan fingerprint density at radius 2 is 2.12 bits per heavy atom. The van der Waals surface area contributed by atoms with E-state index in [2.05, 4.69) is 39.0 Å². The highest BCUT2D eigenvalue weighted by Crippen LogP contribution is 2.40. The van der Waals surface area contributed by atoms with Crippen molar-refractivity contribution in [1.82, 2.24) is 0 Å². The van der Waals surface area contributed by atoms with Gasteiger partial charge in [0.05, 0.1) is 0 Å². The topological polar surface area (TPSA) is 26.0 Å². The van der Waals surface area contributed by atoms with Crippen LogP contribution in [0.15, 0.2) is 18.2 Å². The zero-order chi connectivity index (χ0) is 12.5. The molecule has 1 saturated carbocycles. The van der Waals surface area contributed by atoms with Gasteiger partial charge in [0.2, 0.25) is 0 Å². The Kier molecular flexibility index (Phi) is 3.58. The first-order valence-electron chi connectivity index (χ1n) is 6.92. The maximum atomic E-state index is 6.70. The normalized spacial score (nSPS) is 29.3. The fraction of sp³-hybridized carbons (Fsp3) is 0.625. The lowest BCUT2D eigenvalue weighted by atomic mass is 9.71. The van der Waals surface area contributed by atoms with Gasteiger partial charge in [0.25, 0.3) is 0 Å². The molecule has 0 aromatic heterocycles. The molecule has 0 bridgehead atoms. The van der Waals surface area contributed by atoms with E-state index in [0.29, 0.717) is 0 Å². The lowest BCUT2D eigenvalue weighted by molar-refractivity contribution is 0.220. The fourth-order valence-corrected chi connectivity index (χ4v) is 3.39. The lowest BCUT2D eigenvalue weighted by Crippen LogP contribution is -2.42. The highest BCUT2D eigenvalue weighted by atomic mass is 14.8. The molecule has 0 saturated heterocycles. The molecule has 2 unspecified atom stereocenters. The molecule has 1 fully saturated rings. The van der Waals surface area contributed by atoms with E-state index < -0.39 is 0 Å². The summed E-state index contributed by atoms with van der Waals surface area (Å²) < 4.78 is 0.